The Kier molecular flexibility index (Phi) is 12.6. The summed E-state index contributed by atoms with van der Waals surface area (Å²) in [6.45, 7) is 1.84. The molecule has 0 amide bonds. The van der Waals surface area contributed by atoms with Crippen molar-refractivity contribution < 1.29 is 9.90 Å². The Morgan fingerprint density at radius 2 is 2.36 bits per heavy atom. The van der Waals surface area contributed by atoms with E-state index < -0.39 is 5.97 Å². The van der Waals surface area contributed by atoms with Gasteiger partial charge in [-0.15, -0.1) is 5.11 Å². The molecule has 0 aromatic carbocycles. The van der Waals surface area contributed by atoms with Gasteiger partial charge >= 0.3 is 5.97 Å². The molecule has 0 aliphatic rings. The highest BCUT2D eigenvalue weighted by molar-refractivity contribution is 5.66. The van der Waals surface area contributed by atoms with Crippen molar-refractivity contribution >= 4 is 12.3 Å². The second-order valence-corrected chi connectivity index (χ2v) is 1.54. The first kappa shape index (κ1) is 12.2. The summed E-state index contributed by atoms with van der Waals surface area (Å²) in [7, 11) is 0. The normalized spacial score (nSPS) is 8.45. The standard InChI is InChI=1S/C4H8O2.CH4N4/c1-2-3-4(5)6;2-4-1-5-3/h2-3H2,1H3,(H,5,6);1-2H,3H2. The van der Waals surface area contributed by atoms with E-state index in [-0.39, 0.29) is 0 Å². The van der Waals surface area contributed by atoms with Crippen molar-refractivity contribution in [2.24, 2.45) is 16.1 Å². The highest BCUT2D eigenvalue weighted by atomic mass is 16.4. The smallest absolute Gasteiger partial charge is 0.303 e. The molecule has 0 rings (SSSR count). The van der Waals surface area contributed by atoms with E-state index in [2.05, 4.69) is 16.1 Å². The lowest BCUT2D eigenvalue weighted by atomic mass is 10.4. The maximum Gasteiger partial charge on any atom is 0.303 e. The molecule has 6 nitrogen and oxygen atoms in total. The molecule has 0 aliphatic heterocycles. The molecule has 64 valence electrons. The molecule has 0 radical (unpaired) electrons. The third-order valence-corrected chi connectivity index (χ3v) is 0.588. The predicted molar refractivity (Wildman–Crippen MR) is 40.4 cm³/mol. The number of carboxylic acid groups (broad SMARTS) is 1. The summed E-state index contributed by atoms with van der Waals surface area (Å²) >= 11 is 0. The van der Waals surface area contributed by atoms with Crippen LogP contribution in [0.5, 0.6) is 0 Å². The van der Waals surface area contributed by atoms with Crippen LogP contribution in [0, 0.1) is 5.53 Å². The molecule has 0 aromatic rings. The van der Waals surface area contributed by atoms with Gasteiger partial charge in [0, 0.05) is 6.42 Å². The third-order valence-electron chi connectivity index (χ3n) is 0.588. The van der Waals surface area contributed by atoms with Crippen LogP contribution in [0.25, 0.3) is 0 Å². The fourth-order valence-electron chi connectivity index (χ4n) is 0.247. The number of rotatable bonds is 3. The largest absolute Gasteiger partial charge is 0.481 e. The van der Waals surface area contributed by atoms with Gasteiger partial charge in [0.05, 0.1) is 0 Å². The van der Waals surface area contributed by atoms with Crippen molar-refractivity contribution in [2.45, 2.75) is 19.8 Å². The van der Waals surface area contributed by atoms with Gasteiger partial charge in [0.25, 0.3) is 0 Å². The van der Waals surface area contributed by atoms with Crippen LogP contribution in [-0.4, -0.2) is 17.4 Å². The minimum absolute atomic E-state index is 0.292. The molecule has 0 atom stereocenters. The maximum absolute atomic E-state index is 9.60. The lowest BCUT2D eigenvalue weighted by Crippen LogP contribution is -1.90. The topological polar surface area (TPSA) is 112 Å². The minimum Gasteiger partial charge on any atom is -0.481 e. The molecule has 0 saturated carbocycles. The molecule has 0 spiro atoms. The number of aliphatic carboxylic acids is 1. The van der Waals surface area contributed by atoms with Crippen LogP contribution in [0.15, 0.2) is 10.2 Å². The first-order valence-electron chi connectivity index (χ1n) is 2.99. The zero-order valence-corrected chi connectivity index (χ0v) is 6.32. The predicted octanol–water partition coefficient (Wildman–Crippen LogP) is 0.790. The Bertz CT molecular complexity index is 134. The Morgan fingerprint density at radius 3 is 2.36 bits per heavy atom. The van der Waals surface area contributed by atoms with Crippen molar-refractivity contribution in [3.8, 4) is 0 Å². The van der Waals surface area contributed by atoms with Crippen molar-refractivity contribution in [3.63, 3.8) is 0 Å². The van der Waals surface area contributed by atoms with Gasteiger partial charge in [0.1, 0.15) is 0 Å². The highest BCUT2D eigenvalue weighted by Gasteiger charge is 1.87. The molecule has 0 unspecified atom stereocenters. The average molecular weight is 160 g/mol. The minimum atomic E-state index is -0.711. The summed E-state index contributed by atoms with van der Waals surface area (Å²) in [6, 6.07) is 0. The number of nitrogens with zero attached hydrogens (tertiary/aromatic N) is 2. The molecular weight excluding hydrogens is 148 g/mol. The van der Waals surface area contributed by atoms with Gasteiger partial charge in [0.15, 0.2) is 6.34 Å². The maximum atomic E-state index is 9.60. The van der Waals surface area contributed by atoms with Crippen molar-refractivity contribution in [1.29, 1.82) is 5.53 Å². The molecule has 0 fully saturated rings. The molecule has 11 heavy (non-hydrogen) atoms. The van der Waals surface area contributed by atoms with Gasteiger partial charge in [-0.2, -0.15) is 5.10 Å². The highest BCUT2D eigenvalue weighted by Crippen LogP contribution is 1.82. The molecule has 0 aromatic heterocycles. The van der Waals surface area contributed by atoms with Gasteiger partial charge in [-0.05, 0) is 6.42 Å². The molecule has 4 N–H and O–H groups in total. The number of hydrazone groups is 1. The zero-order chi connectivity index (χ0) is 9.11. The van der Waals surface area contributed by atoms with Crippen LogP contribution in [0.3, 0.4) is 0 Å². The van der Waals surface area contributed by atoms with E-state index in [1.54, 1.807) is 0 Å². The van der Waals surface area contributed by atoms with E-state index in [4.69, 9.17) is 10.6 Å². The summed E-state index contributed by atoms with van der Waals surface area (Å²) in [5.41, 5.74) is 6.00. The zero-order valence-electron chi connectivity index (χ0n) is 6.32. The average Bonchev–Trinajstić information content (AvgIpc) is 1.90. The fraction of sp³-hybridized carbons (Fsp3) is 0.600. The molecule has 6 heteroatoms. The monoisotopic (exact) mass is 160 g/mol. The molecule has 0 saturated heterocycles. The SMILES string of the molecule is CCCC(=O)O.N=NC=NN. The van der Waals surface area contributed by atoms with Crippen molar-refractivity contribution in [2.75, 3.05) is 0 Å². The van der Waals surface area contributed by atoms with Crippen molar-refractivity contribution in [1.82, 2.24) is 0 Å². The summed E-state index contributed by atoms with van der Waals surface area (Å²) in [5, 5.41) is 13.5. The lowest BCUT2D eigenvalue weighted by molar-refractivity contribution is -0.137. The number of hydrogen-bond acceptors (Lipinski definition) is 4. The first-order valence-corrected chi connectivity index (χ1v) is 2.99. The Labute approximate surface area is 64.6 Å². The van der Waals surface area contributed by atoms with Crippen molar-refractivity contribution in [3.05, 3.63) is 0 Å². The van der Waals surface area contributed by atoms with Crippen LogP contribution in [0.1, 0.15) is 19.8 Å². The number of carbonyl (C=O) groups is 1. The van der Waals surface area contributed by atoms with E-state index >= 15 is 0 Å². The van der Waals surface area contributed by atoms with Crippen LogP contribution in [0.2, 0.25) is 0 Å². The Morgan fingerprint density at radius 1 is 1.82 bits per heavy atom. The molecule has 0 aliphatic carbocycles. The third kappa shape index (κ3) is 29.1. The van der Waals surface area contributed by atoms with Gasteiger partial charge in [-0.3, -0.25) is 4.79 Å². The second kappa shape index (κ2) is 11.4. The molecule has 0 bridgehead atoms. The van der Waals surface area contributed by atoms with E-state index in [9.17, 15) is 4.79 Å². The van der Waals surface area contributed by atoms with E-state index in [0.717, 1.165) is 12.8 Å². The van der Waals surface area contributed by atoms with Crippen LogP contribution in [-0.2, 0) is 4.79 Å². The fourth-order valence-corrected chi connectivity index (χ4v) is 0.247. The summed E-state index contributed by atoms with van der Waals surface area (Å²) in [5.74, 6) is 3.78. The number of carboxylic acids is 1. The van der Waals surface area contributed by atoms with Gasteiger partial charge in [0.2, 0.25) is 0 Å². The Hall–Kier alpha value is -1.46. The van der Waals surface area contributed by atoms with E-state index in [1.165, 1.54) is 0 Å². The first-order chi connectivity index (χ1) is 5.18. The summed E-state index contributed by atoms with van der Waals surface area (Å²) in [4.78, 5) is 9.60. The van der Waals surface area contributed by atoms with Crippen LogP contribution in [0.4, 0.5) is 0 Å². The molecular formula is C5H12N4O2. The number of nitrogens with two attached hydrogens (primary N) is 1. The quantitative estimate of drug-likeness (QED) is 0.186. The van der Waals surface area contributed by atoms with Gasteiger partial charge in [-0.25, -0.2) is 5.53 Å². The second-order valence-electron chi connectivity index (χ2n) is 1.54. The lowest BCUT2D eigenvalue weighted by Gasteiger charge is -1.79. The van der Waals surface area contributed by atoms with Crippen LogP contribution < -0.4 is 5.84 Å². The molecule has 0 heterocycles. The van der Waals surface area contributed by atoms with Crippen LogP contribution >= 0.6 is 0 Å². The van der Waals surface area contributed by atoms with E-state index in [0.29, 0.717) is 6.42 Å². The van der Waals surface area contributed by atoms with E-state index in [1.807, 2.05) is 6.92 Å². The number of hydrogen-bond donors (Lipinski definition) is 3. The van der Waals surface area contributed by atoms with Gasteiger partial charge in [-0.1, -0.05) is 6.92 Å². The summed E-state index contributed by atoms with van der Waals surface area (Å²) < 4.78 is 0. The summed E-state index contributed by atoms with van der Waals surface area (Å²) in [6.07, 6.45) is 1.97. The Balaban J connectivity index is 0. The number of nitrogens with one attached hydrogen (secondary N) is 1. The van der Waals surface area contributed by atoms with Gasteiger partial charge < -0.3 is 10.9 Å².